The first-order valence-electron chi connectivity index (χ1n) is 9.93. The van der Waals surface area contributed by atoms with Crippen molar-refractivity contribution in [1.29, 1.82) is 0 Å². The summed E-state index contributed by atoms with van der Waals surface area (Å²) < 4.78 is 34.6. The Kier molecular flexibility index (Phi) is 6.80. The van der Waals surface area contributed by atoms with Crippen molar-refractivity contribution in [1.82, 2.24) is 9.36 Å². The van der Waals surface area contributed by atoms with Crippen molar-refractivity contribution < 1.29 is 23.4 Å². The van der Waals surface area contributed by atoms with Gasteiger partial charge in [0, 0.05) is 23.5 Å². The minimum absolute atomic E-state index is 0.0965. The minimum Gasteiger partial charge on any atom is -0.497 e. The number of halogens is 1. The van der Waals surface area contributed by atoms with E-state index in [0.717, 1.165) is 22.8 Å². The van der Waals surface area contributed by atoms with E-state index in [0.29, 0.717) is 34.5 Å². The van der Waals surface area contributed by atoms with Gasteiger partial charge in [0.25, 0.3) is 11.1 Å². The van der Waals surface area contributed by atoms with Gasteiger partial charge in [-0.25, -0.2) is 4.39 Å². The van der Waals surface area contributed by atoms with Crippen LogP contribution in [-0.4, -0.2) is 29.5 Å². The van der Waals surface area contributed by atoms with E-state index in [1.54, 1.807) is 31.4 Å². The third-order valence-electron chi connectivity index (χ3n) is 4.69. The summed E-state index contributed by atoms with van der Waals surface area (Å²) in [6, 6.07) is 18.3. The number of carbonyl (C=O) groups excluding carboxylic acids is 1. The maximum atomic E-state index is 13.8. The predicted molar refractivity (Wildman–Crippen MR) is 123 cm³/mol. The van der Waals surface area contributed by atoms with E-state index in [1.807, 2.05) is 24.3 Å². The molecule has 0 aliphatic rings. The third kappa shape index (κ3) is 5.45. The topological polar surface area (TPSA) is 82.6 Å². The molecule has 4 rings (SSSR count). The Morgan fingerprint density at radius 2 is 1.85 bits per heavy atom. The lowest BCUT2D eigenvalue weighted by Crippen LogP contribution is -2.13. The number of hydrogen-bond acceptors (Lipinski definition) is 7. The zero-order valence-electron chi connectivity index (χ0n) is 17.9. The lowest BCUT2D eigenvalue weighted by Gasteiger charge is -2.11. The molecule has 0 radical (unpaired) electrons. The molecule has 1 aromatic heterocycles. The number of nitrogens with one attached hydrogen (secondary N) is 1. The summed E-state index contributed by atoms with van der Waals surface area (Å²) in [7, 11) is 3.09. The summed E-state index contributed by atoms with van der Waals surface area (Å²) in [4.78, 5) is 16.9. The first kappa shape index (κ1) is 22.2. The van der Waals surface area contributed by atoms with Gasteiger partial charge >= 0.3 is 0 Å². The molecule has 0 aliphatic heterocycles. The van der Waals surface area contributed by atoms with Gasteiger partial charge in [-0.05, 0) is 48.0 Å². The standard InChI is InChI=1S/C24H20FN3O4S/c1-30-17-7-5-6-15(12-17)13-22-27-24(33-28-22)32-20-11-10-16(14-21(20)31-2)23(29)26-19-9-4-3-8-18(19)25/h3-12,14H,13H2,1-2H3,(H,26,29). The Bertz CT molecular complexity index is 1280. The van der Waals surface area contributed by atoms with E-state index in [2.05, 4.69) is 14.7 Å². The van der Waals surface area contributed by atoms with E-state index < -0.39 is 11.7 Å². The van der Waals surface area contributed by atoms with Crippen LogP contribution in [0.1, 0.15) is 21.7 Å². The van der Waals surface area contributed by atoms with Crippen LogP contribution in [0.5, 0.6) is 22.4 Å². The third-order valence-corrected chi connectivity index (χ3v) is 5.32. The Labute approximate surface area is 194 Å². The Balaban J connectivity index is 1.46. The fourth-order valence-corrected chi connectivity index (χ4v) is 3.62. The van der Waals surface area contributed by atoms with Gasteiger partial charge in [-0.2, -0.15) is 9.36 Å². The van der Waals surface area contributed by atoms with Crippen LogP contribution in [0, 0.1) is 5.82 Å². The van der Waals surface area contributed by atoms with Crippen LogP contribution in [0.4, 0.5) is 10.1 Å². The van der Waals surface area contributed by atoms with Gasteiger partial charge < -0.3 is 19.5 Å². The second-order valence-corrected chi connectivity index (χ2v) is 7.62. The molecule has 1 N–H and O–H groups in total. The number of carbonyl (C=O) groups is 1. The highest BCUT2D eigenvalue weighted by atomic mass is 32.1. The molecule has 0 unspecified atom stereocenters. The van der Waals surface area contributed by atoms with Crippen molar-refractivity contribution in [3.8, 4) is 22.4 Å². The van der Waals surface area contributed by atoms with Crippen molar-refractivity contribution in [2.45, 2.75) is 6.42 Å². The Morgan fingerprint density at radius 3 is 2.64 bits per heavy atom. The van der Waals surface area contributed by atoms with Crippen molar-refractivity contribution in [2.75, 3.05) is 19.5 Å². The molecule has 9 heteroatoms. The van der Waals surface area contributed by atoms with Crippen molar-refractivity contribution in [2.24, 2.45) is 0 Å². The first-order chi connectivity index (χ1) is 16.1. The Hall–Kier alpha value is -3.98. The molecular formula is C24H20FN3O4S. The first-order valence-corrected chi connectivity index (χ1v) is 10.7. The fourth-order valence-electron chi connectivity index (χ4n) is 3.06. The summed E-state index contributed by atoms with van der Waals surface area (Å²) in [5.41, 5.74) is 1.40. The Morgan fingerprint density at radius 1 is 1.00 bits per heavy atom. The summed E-state index contributed by atoms with van der Waals surface area (Å²) >= 11 is 1.12. The molecule has 1 amide bonds. The van der Waals surface area contributed by atoms with Crippen LogP contribution in [-0.2, 0) is 6.42 Å². The molecular weight excluding hydrogens is 445 g/mol. The number of rotatable bonds is 8. The van der Waals surface area contributed by atoms with Crippen LogP contribution >= 0.6 is 11.5 Å². The zero-order valence-corrected chi connectivity index (χ0v) is 18.7. The summed E-state index contributed by atoms with van der Waals surface area (Å²) in [6.07, 6.45) is 0.531. The molecule has 0 spiro atoms. The number of ether oxygens (including phenoxy) is 3. The number of para-hydroxylation sites is 1. The highest BCUT2D eigenvalue weighted by molar-refractivity contribution is 7.07. The van der Waals surface area contributed by atoms with E-state index in [-0.39, 0.29) is 5.69 Å². The van der Waals surface area contributed by atoms with Gasteiger partial charge in [0.15, 0.2) is 17.3 Å². The monoisotopic (exact) mass is 465 g/mol. The highest BCUT2D eigenvalue weighted by Crippen LogP contribution is 2.33. The predicted octanol–water partition coefficient (Wildman–Crippen LogP) is 5.33. The van der Waals surface area contributed by atoms with Crippen molar-refractivity contribution >= 4 is 23.1 Å². The lowest BCUT2D eigenvalue weighted by molar-refractivity contribution is 0.102. The van der Waals surface area contributed by atoms with Crippen LogP contribution in [0.15, 0.2) is 66.7 Å². The van der Waals surface area contributed by atoms with E-state index in [9.17, 15) is 9.18 Å². The molecule has 0 atom stereocenters. The molecule has 4 aromatic rings. The van der Waals surface area contributed by atoms with Gasteiger partial charge in [0.2, 0.25) is 0 Å². The molecule has 168 valence electrons. The largest absolute Gasteiger partial charge is 0.497 e. The number of anilines is 1. The molecule has 7 nitrogen and oxygen atoms in total. The number of benzene rings is 3. The lowest BCUT2D eigenvalue weighted by atomic mass is 10.1. The van der Waals surface area contributed by atoms with Crippen LogP contribution in [0.3, 0.4) is 0 Å². The number of methoxy groups -OCH3 is 2. The molecule has 33 heavy (non-hydrogen) atoms. The quantitative estimate of drug-likeness (QED) is 0.379. The SMILES string of the molecule is COc1cccc(Cc2nsc(Oc3ccc(C(=O)Nc4ccccc4F)cc3OC)n2)c1. The zero-order chi connectivity index (χ0) is 23.2. The number of aromatic nitrogens is 2. The van der Waals surface area contributed by atoms with E-state index in [4.69, 9.17) is 14.2 Å². The minimum atomic E-state index is -0.515. The van der Waals surface area contributed by atoms with Crippen LogP contribution in [0.2, 0.25) is 0 Å². The van der Waals surface area contributed by atoms with Gasteiger partial charge in [-0.1, -0.05) is 24.3 Å². The summed E-state index contributed by atoms with van der Waals surface area (Å²) in [5, 5.41) is 2.88. The summed E-state index contributed by atoms with van der Waals surface area (Å²) in [5.74, 6) is 1.11. The molecule has 0 fully saturated rings. The van der Waals surface area contributed by atoms with Gasteiger partial charge in [-0.15, -0.1) is 0 Å². The van der Waals surface area contributed by atoms with Crippen LogP contribution in [0.25, 0.3) is 0 Å². The van der Waals surface area contributed by atoms with Gasteiger partial charge in [0.1, 0.15) is 11.6 Å². The molecule has 0 saturated heterocycles. The van der Waals surface area contributed by atoms with Crippen molar-refractivity contribution in [3.05, 3.63) is 89.5 Å². The number of hydrogen-bond donors (Lipinski definition) is 1. The maximum absolute atomic E-state index is 13.8. The summed E-state index contributed by atoms with van der Waals surface area (Å²) in [6.45, 7) is 0. The van der Waals surface area contributed by atoms with Gasteiger partial charge in [-0.3, -0.25) is 4.79 Å². The fraction of sp³-hybridized carbons (Fsp3) is 0.125. The normalized spacial score (nSPS) is 10.5. The smallest absolute Gasteiger partial charge is 0.298 e. The average molecular weight is 466 g/mol. The second kappa shape index (κ2) is 10.1. The highest BCUT2D eigenvalue weighted by Gasteiger charge is 2.15. The molecule has 0 bridgehead atoms. The second-order valence-electron chi connectivity index (χ2n) is 6.91. The number of amides is 1. The van der Waals surface area contributed by atoms with Crippen molar-refractivity contribution in [3.63, 3.8) is 0 Å². The molecule has 3 aromatic carbocycles. The molecule has 0 aliphatic carbocycles. The van der Waals surface area contributed by atoms with E-state index in [1.165, 1.54) is 25.3 Å². The maximum Gasteiger partial charge on any atom is 0.298 e. The van der Waals surface area contributed by atoms with E-state index >= 15 is 0 Å². The van der Waals surface area contributed by atoms with Gasteiger partial charge in [0.05, 0.1) is 19.9 Å². The average Bonchev–Trinajstić information content (AvgIpc) is 3.27. The number of nitrogens with zero attached hydrogens (tertiary/aromatic N) is 2. The molecule has 0 saturated carbocycles. The molecule has 1 heterocycles. The van der Waals surface area contributed by atoms with Crippen LogP contribution < -0.4 is 19.5 Å².